The monoisotopic (exact) mass is 502 g/mol. The number of rotatable bonds is 6. The van der Waals surface area contributed by atoms with E-state index < -0.39 is 0 Å². The standard InChI is InChI=1S/C28H30N4O3S/c33-25-4-2-1-3-20(25)16-28-31-23-6-5-21(18-26(23)36-28)35-22-8-10-29-24(17-22)19-7-9-30-27(15-19)32-11-13-34-14-12-32/h5-10,15,17-18,20,25,33H,1-4,11-14,16H2/t20-,25+/m0/s1. The van der Waals surface area contributed by atoms with Crippen LogP contribution in [-0.4, -0.2) is 52.5 Å². The summed E-state index contributed by atoms with van der Waals surface area (Å²) in [4.78, 5) is 16.2. The lowest BCUT2D eigenvalue weighted by atomic mass is 9.84. The molecule has 2 aliphatic rings. The normalized spacial score (nSPS) is 20.5. The summed E-state index contributed by atoms with van der Waals surface area (Å²) in [6.45, 7) is 3.13. The molecule has 36 heavy (non-hydrogen) atoms. The van der Waals surface area contributed by atoms with E-state index in [1.165, 1.54) is 6.42 Å². The number of thiazole rings is 1. The van der Waals surface area contributed by atoms with E-state index in [9.17, 15) is 5.11 Å². The molecule has 2 atom stereocenters. The van der Waals surface area contributed by atoms with Gasteiger partial charge in [0.1, 0.15) is 17.3 Å². The minimum absolute atomic E-state index is 0.198. The highest BCUT2D eigenvalue weighted by Gasteiger charge is 2.24. The van der Waals surface area contributed by atoms with Crippen LogP contribution in [0.2, 0.25) is 0 Å². The van der Waals surface area contributed by atoms with Crippen molar-refractivity contribution < 1.29 is 14.6 Å². The maximum Gasteiger partial charge on any atom is 0.131 e. The molecule has 0 bridgehead atoms. The Hall–Kier alpha value is -3.07. The van der Waals surface area contributed by atoms with Gasteiger partial charge in [-0.15, -0.1) is 11.3 Å². The third-order valence-corrected chi connectivity index (χ3v) is 8.09. The average molecular weight is 503 g/mol. The number of aliphatic hydroxyl groups is 1. The molecule has 0 amide bonds. The van der Waals surface area contributed by atoms with Crippen molar-refractivity contribution in [3.8, 4) is 22.8 Å². The second-order valence-corrected chi connectivity index (χ2v) is 10.6. The molecule has 8 heteroatoms. The van der Waals surface area contributed by atoms with Crippen molar-refractivity contribution in [3.05, 3.63) is 59.9 Å². The van der Waals surface area contributed by atoms with Crippen molar-refractivity contribution in [2.45, 2.75) is 38.2 Å². The van der Waals surface area contributed by atoms with E-state index in [2.05, 4.69) is 27.0 Å². The molecule has 4 heterocycles. The number of morpholine rings is 1. The molecule has 0 radical (unpaired) electrons. The molecule has 1 aromatic carbocycles. The SMILES string of the molecule is O[C@@H]1CCCC[C@H]1Cc1nc2ccc(Oc3ccnc(-c4ccnc(N5CCOCC5)c4)c3)cc2s1. The van der Waals surface area contributed by atoms with Gasteiger partial charge in [0.15, 0.2) is 0 Å². The number of aliphatic hydroxyl groups excluding tert-OH is 1. The van der Waals surface area contributed by atoms with Crippen LogP contribution in [0.15, 0.2) is 54.9 Å². The van der Waals surface area contributed by atoms with Crippen LogP contribution in [0, 0.1) is 5.92 Å². The summed E-state index contributed by atoms with van der Waals surface area (Å²) in [5.74, 6) is 2.77. The van der Waals surface area contributed by atoms with E-state index in [0.29, 0.717) is 5.92 Å². The molecule has 1 aliphatic heterocycles. The van der Waals surface area contributed by atoms with Gasteiger partial charge >= 0.3 is 0 Å². The van der Waals surface area contributed by atoms with Crippen LogP contribution in [0.25, 0.3) is 21.5 Å². The third kappa shape index (κ3) is 5.21. The summed E-state index contributed by atoms with van der Waals surface area (Å²) in [6, 6.07) is 13.9. The molecule has 0 spiro atoms. The van der Waals surface area contributed by atoms with Gasteiger partial charge in [-0.25, -0.2) is 9.97 Å². The van der Waals surface area contributed by atoms with Crippen molar-refractivity contribution in [3.63, 3.8) is 0 Å². The highest BCUT2D eigenvalue weighted by Crippen LogP contribution is 2.34. The van der Waals surface area contributed by atoms with Gasteiger partial charge in [0.25, 0.3) is 0 Å². The van der Waals surface area contributed by atoms with Crippen LogP contribution in [-0.2, 0) is 11.2 Å². The van der Waals surface area contributed by atoms with Crippen LogP contribution in [0.3, 0.4) is 0 Å². The summed E-state index contributed by atoms with van der Waals surface area (Å²) in [5.41, 5.74) is 2.83. The van der Waals surface area contributed by atoms with Gasteiger partial charge in [-0.05, 0) is 49.1 Å². The zero-order chi connectivity index (χ0) is 24.3. The Morgan fingerprint density at radius 2 is 1.81 bits per heavy atom. The molecule has 2 fully saturated rings. The van der Waals surface area contributed by atoms with Crippen LogP contribution in [0.4, 0.5) is 5.82 Å². The van der Waals surface area contributed by atoms with E-state index >= 15 is 0 Å². The molecular formula is C28H30N4O3S. The summed E-state index contributed by atoms with van der Waals surface area (Å²) in [5, 5.41) is 11.4. The number of hydrogen-bond acceptors (Lipinski definition) is 8. The molecular weight excluding hydrogens is 472 g/mol. The van der Waals surface area contributed by atoms with Gasteiger partial charge in [0.05, 0.1) is 40.2 Å². The first-order valence-corrected chi connectivity index (χ1v) is 13.5. The van der Waals surface area contributed by atoms with Crippen molar-refractivity contribution in [1.82, 2.24) is 15.0 Å². The molecule has 4 aromatic rings. The zero-order valence-electron chi connectivity index (χ0n) is 20.2. The smallest absolute Gasteiger partial charge is 0.131 e. The maximum absolute atomic E-state index is 10.3. The zero-order valence-corrected chi connectivity index (χ0v) is 21.0. The number of ether oxygens (including phenoxy) is 2. The van der Waals surface area contributed by atoms with E-state index in [-0.39, 0.29) is 6.10 Å². The molecule has 1 saturated carbocycles. The first-order valence-electron chi connectivity index (χ1n) is 12.7. The van der Waals surface area contributed by atoms with Crippen LogP contribution in [0.5, 0.6) is 11.5 Å². The minimum atomic E-state index is -0.198. The highest BCUT2D eigenvalue weighted by molar-refractivity contribution is 7.18. The number of pyridine rings is 2. The van der Waals surface area contributed by atoms with E-state index in [1.807, 2.05) is 36.5 Å². The van der Waals surface area contributed by atoms with Crippen LogP contribution < -0.4 is 9.64 Å². The Morgan fingerprint density at radius 1 is 0.972 bits per heavy atom. The lowest BCUT2D eigenvalue weighted by Gasteiger charge is -2.28. The Kier molecular flexibility index (Phi) is 6.81. The van der Waals surface area contributed by atoms with Crippen molar-refractivity contribution in [2.75, 3.05) is 31.2 Å². The van der Waals surface area contributed by atoms with E-state index in [1.54, 1.807) is 17.5 Å². The molecule has 3 aromatic heterocycles. The van der Waals surface area contributed by atoms with Crippen molar-refractivity contribution in [2.24, 2.45) is 5.92 Å². The van der Waals surface area contributed by atoms with Crippen molar-refractivity contribution >= 4 is 27.4 Å². The molecule has 1 saturated heterocycles. The molecule has 1 aliphatic carbocycles. The first kappa shape index (κ1) is 23.3. The van der Waals surface area contributed by atoms with E-state index in [4.69, 9.17) is 14.5 Å². The Morgan fingerprint density at radius 3 is 2.69 bits per heavy atom. The Bertz CT molecular complexity index is 1340. The Labute approximate surface area is 214 Å². The van der Waals surface area contributed by atoms with Gasteiger partial charge in [-0.1, -0.05) is 12.8 Å². The van der Waals surface area contributed by atoms with Gasteiger partial charge in [-0.3, -0.25) is 4.98 Å². The number of anilines is 1. The summed E-state index contributed by atoms with van der Waals surface area (Å²) >= 11 is 1.70. The lowest BCUT2D eigenvalue weighted by molar-refractivity contribution is 0.0700. The summed E-state index contributed by atoms with van der Waals surface area (Å²) in [7, 11) is 0. The predicted octanol–water partition coefficient (Wildman–Crippen LogP) is 5.48. The summed E-state index contributed by atoms with van der Waals surface area (Å²) < 4.78 is 12.8. The van der Waals surface area contributed by atoms with Crippen LogP contribution >= 0.6 is 11.3 Å². The highest BCUT2D eigenvalue weighted by atomic mass is 32.1. The second kappa shape index (κ2) is 10.5. The number of benzene rings is 1. The fraction of sp³-hybridized carbons (Fsp3) is 0.393. The predicted molar refractivity (Wildman–Crippen MR) is 142 cm³/mol. The van der Waals surface area contributed by atoms with Gasteiger partial charge in [0.2, 0.25) is 0 Å². The molecule has 7 nitrogen and oxygen atoms in total. The molecule has 0 unspecified atom stereocenters. The fourth-order valence-corrected chi connectivity index (χ4v) is 6.15. The summed E-state index contributed by atoms with van der Waals surface area (Å²) in [6.07, 6.45) is 8.59. The average Bonchev–Trinajstić information content (AvgIpc) is 3.32. The van der Waals surface area contributed by atoms with Gasteiger partial charge in [-0.2, -0.15) is 0 Å². The lowest BCUT2D eigenvalue weighted by Crippen LogP contribution is -2.36. The quantitative estimate of drug-likeness (QED) is 0.374. The maximum atomic E-state index is 10.3. The van der Waals surface area contributed by atoms with Gasteiger partial charge in [0, 0.05) is 49.6 Å². The first-order chi connectivity index (χ1) is 17.7. The Balaban J connectivity index is 1.18. The number of hydrogen-bond donors (Lipinski definition) is 1. The second-order valence-electron chi connectivity index (χ2n) is 9.53. The molecule has 186 valence electrons. The molecule has 6 rings (SSSR count). The van der Waals surface area contributed by atoms with E-state index in [0.717, 1.165) is 95.8 Å². The van der Waals surface area contributed by atoms with Gasteiger partial charge < -0.3 is 19.5 Å². The topological polar surface area (TPSA) is 80.6 Å². The number of nitrogens with zero attached hydrogens (tertiary/aromatic N) is 4. The van der Waals surface area contributed by atoms with Crippen LogP contribution in [0.1, 0.15) is 30.7 Å². The molecule has 1 N–H and O–H groups in total. The number of fused-ring (bicyclic) bond motifs is 1. The minimum Gasteiger partial charge on any atom is -0.457 e. The largest absolute Gasteiger partial charge is 0.457 e. The fourth-order valence-electron chi connectivity index (χ4n) is 5.07. The third-order valence-electron chi connectivity index (χ3n) is 7.05. The number of aromatic nitrogens is 3. The van der Waals surface area contributed by atoms with Crippen molar-refractivity contribution in [1.29, 1.82) is 0 Å².